The fourth-order valence-corrected chi connectivity index (χ4v) is 2.06. The summed E-state index contributed by atoms with van der Waals surface area (Å²) in [5.74, 6) is -0.169. The van der Waals surface area contributed by atoms with Gasteiger partial charge in [-0.2, -0.15) is 0 Å². The van der Waals surface area contributed by atoms with Crippen molar-refractivity contribution in [1.29, 1.82) is 0 Å². The van der Waals surface area contributed by atoms with Crippen molar-refractivity contribution in [3.63, 3.8) is 0 Å². The van der Waals surface area contributed by atoms with E-state index in [9.17, 15) is 9.59 Å². The summed E-state index contributed by atoms with van der Waals surface area (Å²) in [6, 6.07) is 5.02. The van der Waals surface area contributed by atoms with E-state index < -0.39 is 6.04 Å². The minimum atomic E-state index is -0.535. The monoisotopic (exact) mass is 247 g/mol. The zero-order chi connectivity index (χ0) is 13.3. The Bertz CT molecular complexity index is 497. The maximum absolute atomic E-state index is 11.5. The first-order valence-electron chi connectivity index (χ1n) is 5.96. The van der Waals surface area contributed by atoms with Gasteiger partial charge in [0.15, 0.2) is 0 Å². The van der Waals surface area contributed by atoms with E-state index in [4.69, 9.17) is 5.73 Å². The van der Waals surface area contributed by atoms with Gasteiger partial charge in [0.25, 0.3) is 0 Å². The Morgan fingerprint density at radius 3 is 2.78 bits per heavy atom. The van der Waals surface area contributed by atoms with Gasteiger partial charge in [-0.25, -0.2) is 0 Å². The minimum absolute atomic E-state index is 0.0427. The van der Waals surface area contributed by atoms with Gasteiger partial charge in [-0.05, 0) is 37.1 Å². The molecule has 2 amide bonds. The van der Waals surface area contributed by atoms with E-state index in [0.29, 0.717) is 6.54 Å². The number of benzene rings is 1. The highest BCUT2D eigenvalue weighted by Gasteiger charge is 2.22. The maximum Gasteiger partial charge on any atom is 0.240 e. The highest BCUT2D eigenvalue weighted by molar-refractivity contribution is 5.96. The zero-order valence-corrected chi connectivity index (χ0v) is 10.6. The van der Waals surface area contributed by atoms with Crippen LogP contribution in [0.25, 0.3) is 0 Å². The number of carbonyl (C=O) groups is 2. The molecule has 0 unspecified atom stereocenters. The van der Waals surface area contributed by atoms with Crippen LogP contribution in [0.3, 0.4) is 0 Å². The number of anilines is 2. The Balaban J connectivity index is 2.20. The molecule has 1 aliphatic rings. The van der Waals surface area contributed by atoms with Crippen LogP contribution in [0.15, 0.2) is 18.2 Å². The molecule has 2 rings (SSSR count). The van der Waals surface area contributed by atoms with E-state index in [-0.39, 0.29) is 11.8 Å². The fraction of sp³-hybridized carbons (Fsp3) is 0.385. The lowest BCUT2D eigenvalue weighted by Gasteiger charge is -2.15. The average Bonchev–Trinajstić information content (AvgIpc) is 2.71. The number of nitrogens with two attached hydrogens (primary N) is 1. The molecule has 5 nitrogen and oxygen atoms in total. The van der Waals surface area contributed by atoms with Gasteiger partial charge >= 0.3 is 0 Å². The predicted molar refractivity (Wildman–Crippen MR) is 70.5 cm³/mol. The average molecular weight is 247 g/mol. The van der Waals surface area contributed by atoms with Gasteiger partial charge in [0.05, 0.1) is 6.04 Å². The van der Waals surface area contributed by atoms with Crippen molar-refractivity contribution in [2.45, 2.75) is 26.3 Å². The van der Waals surface area contributed by atoms with Gasteiger partial charge in [0.1, 0.15) is 0 Å². The molecule has 0 spiro atoms. The molecule has 18 heavy (non-hydrogen) atoms. The fourth-order valence-electron chi connectivity index (χ4n) is 2.06. The smallest absolute Gasteiger partial charge is 0.240 e. The molecule has 1 aromatic carbocycles. The molecule has 0 aromatic heterocycles. The number of amides is 2. The molecular formula is C13H17N3O2. The van der Waals surface area contributed by atoms with Gasteiger partial charge in [0, 0.05) is 24.8 Å². The molecule has 0 saturated carbocycles. The Hall–Kier alpha value is -1.88. The van der Waals surface area contributed by atoms with Crippen LogP contribution in [-0.2, 0) is 16.0 Å². The van der Waals surface area contributed by atoms with E-state index in [0.717, 1.165) is 23.4 Å². The molecule has 5 heteroatoms. The van der Waals surface area contributed by atoms with Crippen molar-refractivity contribution in [2.24, 2.45) is 5.73 Å². The number of hydrogen-bond donors (Lipinski definition) is 2. The second kappa shape index (κ2) is 4.78. The van der Waals surface area contributed by atoms with Crippen LogP contribution in [0.2, 0.25) is 0 Å². The van der Waals surface area contributed by atoms with Crippen molar-refractivity contribution in [3.05, 3.63) is 23.8 Å². The third-order valence-electron chi connectivity index (χ3n) is 3.04. The Labute approximate surface area is 106 Å². The summed E-state index contributed by atoms with van der Waals surface area (Å²) < 4.78 is 0. The molecule has 96 valence electrons. The number of carbonyl (C=O) groups excluding carboxylic acids is 2. The summed E-state index contributed by atoms with van der Waals surface area (Å²) in [7, 11) is 0. The standard InChI is InChI=1S/C13H17N3O2/c1-8(14)13(18)15-11-3-4-12-10(7-11)5-6-16(12)9(2)17/h3-4,7-8H,5-6,14H2,1-2H3,(H,15,18)/t8-/m0/s1. The number of fused-ring (bicyclic) bond motifs is 1. The molecule has 1 aliphatic heterocycles. The highest BCUT2D eigenvalue weighted by Crippen LogP contribution is 2.30. The normalized spacial score (nSPS) is 15.2. The summed E-state index contributed by atoms with van der Waals surface area (Å²) in [4.78, 5) is 24.6. The van der Waals surface area contributed by atoms with Crippen LogP contribution in [-0.4, -0.2) is 24.4 Å². The van der Waals surface area contributed by atoms with Crippen LogP contribution in [0.4, 0.5) is 11.4 Å². The molecule has 0 bridgehead atoms. The van der Waals surface area contributed by atoms with E-state index >= 15 is 0 Å². The zero-order valence-electron chi connectivity index (χ0n) is 10.6. The molecule has 1 heterocycles. The summed E-state index contributed by atoms with van der Waals surface area (Å²) in [5, 5.41) is 2.75. The molecule has 3 N–H and O–H groups in total. The lowest BCUT2D eigenvalue weighted by molar-refractivity contribution is -0.117. The first-order valence-corrected chi connectivity index (χ1v) is 5.96. The predicted octanol–water partition coefficient (Wildman–Crippen LogP) is 0.881. The highest BCUT2D eigenvalue weighted by atomic mass is 16.2. The summed E-state index contributed by atoms with van der Waals surface area (Å²) >= 11 is 0. The lowest BCUT2D eigenvalue weighted by atomic mass is 10.1. The third-order valence-corrected chi connectivity index (χ3v) is 3.04. The molecule has 0 saturated heterocycles. The first-order chi connectivity index (χ1) is 8.49. The van der Waals surface area contributed by atoms with E-state index in [2.05, 4.69) is 5.32 Å². The molecule has 0 radical (unpaired) electrons. The van der Waals surface area contributed by atoms with Crippen molar-refractivity contribution in [1.82, 2.24) is 0 Å². The van der Waals surface area contributed by atoms with Gasteiger partial charge < -0.3 is 16.0 Å². The Morgan fingerprint density at radius 1 is 1.44 bits per heavy atom. The largest absolute Gasteiger partial charge is 0.325 e. The van der Waals surface area contributed by atoms with Gasteiger partial charge in [0.2, 0.25) is 11.8 Å². The van der Waals surface area contributed by atoms with Crippen molar-refractivity contribution in [3.8, 4) is 0 Å². The SMILES string of the molecule is CC(=O)N1CCc2cc(NC(=O)[C@H](C)N)ccc21. The van der Waals surface area contributed by atoms with Crippen LogP contribution in [0, 0.1) is 0 Å². The maximum atomic E-state index is 11.5. The molecule has 1 aromatic rings. The lowest BCUT2D eigenvalue weighted by Crippen LogP contribution is -2.32. The number of hydrogen-bond acceptors (Lipinski definition) is 3. The second-order valence-corrected chi connectivity index (χ2v) is 4.54. The van der Waals surface area contributed by atoms with Gasteiger partial charge in [-0.1, -0.05) is 0 Å². The number of rotatable bonds is 2. The summed E-state index contributed by atoms with van der Waals surface area (Å²) in [5.41, 5.74) is 8.23. The first kappa shape index (κ1) is 12.6. The van der Waals surface area contributed by atoms with Gasteiger partial charge in [-0.3, -0.25) is 9.59 Å². The molecule has 1 atom stereocenters. The van der Waals surface area contributed by atoms with Crippen molar-refractivity contribution >= 4 is 23.2 Å². The van der Waals surface area contributed by atoms with E-state index in [1.807, 2.05) is 12.1 Å². The van der Waals surface area contributed by atoms with Crippen molar-refractivity contribution < 1.29 is 9.59 Å². The van der Waals surface area contributed by atoms with Crippen LogP contribution < -0.4 is 16.0 Å². The molecule has 0 aliphatic carbocycles. The molecular weight excluding hydrogens is 230 g/mol. The van der Waals surface area contributed by atoms with E-state index in [1.165, 1.54) is 0 Å². The quantitative estimate of drug-likeness (QED) is 0.814. The topological polar surface area (TPSA) is 75.4 Å². The second-order valence-electron chi connectivity index (χ2n) is 4.54. The Morgan fingerprint density at radius 2 is 2.17 bits per heavy atom. The minimum Gasteiger partial charge on any atom is -0.325 e. The van der Waals surface area contributed by atoms with Crippen LogP contribution >= 0.6 is 0 Å². The molecule has 0 fully saturated rings. The van der Waals surface area contributed by atoms with Crippen molar-refractivity contribution in [2.75, 3.05) is 16.8 Å². The Kier molecular flexibility index (Phi) is 3.34. The van der Waals surface area contributed by atoms with Crippen LogP contribution in [0.5, 0.6) is 0 Å². The van der Waals surface area contributed by atoms with E-state index in [1.54, 1.807) is 24.8 Å². The van der Waals surface area contributed by atoms with Crippen LogP contribution in [0.1, 0.15) is 19.4 Å². The number of nitrogens with zero attached hydrogens (tertiary/aromatic N) is 1. The third kappa shape index (κ3) is 2.36. The summed E-state index contributed by atoms with van der Waals surface area (Å²) in [6.45, 7) is 3.90. The summed E-state index contributed by atoms with van der Waals surface area (Å²) in [6.07, 6.45) is 0.816. The van der Waals surface area contributed by atoms with Gasteiger partial charge in [-0.15, -0.1) is 0 Å². The number of nitrogens with one attached hydrogen (secondary N) is 1.